The number of hydrogen-bond donors (Lipinski definition) is 2. The fourth-order valence-electron chi connectivity index (χ4n) is 3.31. The van der Waals surface area contributed by atoms with Crippen LogP contribution in [0.15, 0.2) is 11.2 Å². The van der Waals surface area contributed by atoms with Gasteiger partial charge in [0.15, 0.2) is 5.16 Å². The van der Waals surface area contributed by atoms with E-state index in [0.29, 0.717) is 16.8 Å². The van der Waals surface area contributed by atoms with Gasteiger partial charge in [0.25, 0.3) is 0 Å². The number of amides is 1. The molecule has 8 heteroatoms. The lowest BCUT2D eigenvalue weighted by Gasteiger charge is -2.42. The molecule has 0 bridgehead atoms. The van der Waals surface area contributed by atoms with Crippen molar-refractivity contribution in [3.05, 3.63) is 17.5 Å². The molecule has 2 N–H and O–H groups in total. The van der Waals surface area contributed by atoms with E-state index in [1.54, 1.807) is 0 Å². The predicted octanol–water partition coefficient (Wildman–Crippen LogP) is 1.63. The summed E-state index contributed by atoms with van der Waals surface area (Å²) in [6.07, 6.45) is 4.08. The van der Waals surface area contributed by atoms with Gasteiger partial charge in [0.2, 0.25) is 5.91 Å². The van der Waals surface area contributed by atoms with E-state index in [4.69, 9.17) is 5.11 Å². The maximum atomic E-state index is 12.1. The fourth-order valence-corrected chi connectivity index (χ4v) is 4.07. The molecule has 0 spiro atoms. The molecule has 0 aliphatic heterocycles. The number of rotatable bonds is 9. The van der Waals surface area contributed by atoms with Gasteiger partial charge in [-0.25, -0.2) is 9.97 Å². The molecule has 0 unspecified atom stereocenters. The molecule has 0 radical (unpaired) electrons. The number of carboxylic acid groups (broad SMARTS) is 1. The van der Waals surface area contributed by atoms with Crippen molar-refractivity contribution in [2.75, 3.05) is 18.8 Å². The highest BCUT2D eigenvalue weighted by atomic mass is 32.2. The second-order valence-corrected chi connectivity index (χ2v) is 8.32. The molecule has 0 aromatic carbocycles. The van der Waals surface area contributed by atoms with Gasteiger partial charge in [0.05, 0.1) is 12.3 Å². The van der Waals surface area contributed by atoms with Crippen LogP contribution >= 0.6 is 11.8 Å². The van der Waals surface area contributed by atoms with Crippen LogP contribution < -0.4 is 5.32 Å². The van der Waals surface area contributed by atoms with Gasteiger partial charge >= 0.3 is 5.97 Å². The van der Waals surface area contributed by atoms with E-state index in [2.05, 4.69) is 20.2 Å². The van der Waals surface area contributed by atoms with Crippen LogP contribution in [-0.4, -0.2) is 62.8 Å². The maximum absolute atomic E-state index is 12.1. The van der Waals surface area contributed by atoms with Crippen molar-refractivity contribution < 1.29 is 14.7 Å². The van der Waals surface area contributed by atoms with Crippen LogP contribution in [0.4, 0.5) is 0 Å². The Balaban J connectivity index is 1.39. The van der Waals surface area contributed by atoms with E-state index in [-0.39, 0.29) is 24.5 Å². The number of thioether (sulfide) groups is 1. The Kier molecular flexibility index (Phi) is 6.13. The molecule has 2 saturated carbocycles. The minimum absolute atomic E-state index is 0.0202. The molecular weight excluding hydrogens is 352 g/mol. The monoisotopic (exact) mass is 378 g/mol. The van der Waals surface area contributed by atoms with Crippen LogP contribution in [-0.2, 0) is 9.59 Å². The first-order chi connectivity index (χ1) is 12.4. The first-order valence-electron chi connectivity index (χ1n) is 9.09. The third-order valence-corrected chi connectivity index (χ3v) is 5.66. The van der Waals surface area contributed by atoms with Crippen molar-refractivity contribution in [1.29, 1.82) is 0 Å². The number of hydrogen-bond acceptors (Lipinski definition) is 6. The summed E-state index contributed by atoms with van der Waals surface area (Å²) in [5.41, 5.74) is 1.80. The van der Waals surface area contributed by atoms with Gasteiger partial charge in [-0.3, -0.25) is 14.5 Å². The van der Waals surface area contributed by atoms with Crippen LogP contribution in [0, 0.1) is 19.8 Å². The number of carbonyl (C=O) groups excluding carboxylic acids is 1. The van der Waals surface area contributed by atoms with Gasteiger partial charge in [-0.1, -0.05) is 11.8 Å². The molecule has 142 valence electrons. The standard InChI is InChI=1S/C18H26N4O3S/c1-11-5-12(2)20-18(19-11)26-10-16(23)21-14-6-15(7-14)22(9-17(24)25)8-13-3-4-13/h5,13-15H,3-4,6-10H2,1-2H3,(H,21,23)(H,24,25). The van der Waals surface area contributed by atoms with Crippen LogP contribution in [0.2, 0.25) is 0 Å². The molecule has 2 aliphatic rings. The third-order valence-electron chi connectivity index (χ3n) is 4.82. The van der Waals surface area contributed by atoms with Gasteiger partial charge < -0.3 is 10.4 Å². The average molecular weight is 378 g/mol. The Bertz CT molecular complexity index is 654. The van der Waals surface area contributed by atoms with Crippen molar-refractivity contribution in [3.8, 4) is 0 Å². The van der Waals surface area contributed by atoms with Crippen LogP contribution in [0.1, 0.15) is 37.1 Å². The third kappa shape index (κ3) is 5.67. The van der Waals surface area contributed by atoms with E-state index >= 15 is 0 Å². The summed E-state index contributed by atoms with van der Waals surface area (Å²) < 4.78 is 0. The number of nitrogens with one attached hydrogen (secondary N) is 1. The van der Waals surface area contributed by atoms with Gasteiger partial charge in [-0.2, -0.15) is 0 Å². The lowest BCUT2D eigenvalue weighted by atomic mass is 9.85. The first kappa shape index (κ1) is 19.1. The molecule has 26 heavy (non-hydrogen) atoms. The molecule has 3 rings (SSSR count). The predicted molar refractivity (Wildman–Crippen MR) is 99.1 cm³/mol. The lowest BCUT2D eigenvalue weighted by molar-refractivity contribution is -0.140. The molecule has 2 fully saturated rings. The summed E-state index contributed by atoms with van der Waals surface area (Å²) >= 11 is 1.34. The molecular formula is C18H26N4O3S. The second kappa shape index (κ2) is 8.35. The van der Waals surface area contributed by atoms with Gasteiger partial charge in [0.1, 0.15) is 0 Å². The van der Waals surface area contributed by atoms with E-state index in [9.17, 15) is 9.59 Å². The smallest absolute Gasteiger partial charge is 0.317 e. The minimum Gasteiger partial charge on any atom is -0.480 e. The maximum Gasteiger partial charge on any atom is 0.317 e. The van der Waals surface area contributed by atoms with Gasteiger partial charge in [-0.15, -0.1) is 0 Å². The second-order valence-electron chi connectivity index (χ2n) is 7.38. The highest BCUT2D eigenvalue weighted by Crippen LogP contribution is 2.33. The van der Waals surface area contributed by atoms with E-state index in [1.807, 2.05) is 19.9 Å². The van der Waals surface area contributed by atoms with Crippen molar-refractivity contribution in [1.82, 2.24) is 20.2 Å². The number of nitrogens with zero attached hydrogens (tertiary/aromatic N) is 3. The zero-order valence-corrected chi connectivity index (χ0v) is 16.1. The molecule has 0 saturated heterocycles. The number of carbonyl (C=O) groups is 2. The minimum atomic E-state index is -0.775. The topological polar surface area (TPSA) is 95.4 Å². The molecule has 1 aromatic rings. The SMILES string of the molecule is Cc1cc(C)nc(SCC(=O)NC2CC(N(CC(=O)O)CC3CC3)C2)n1. The van der Waals surface area contributed by atoms with E-state index in [1.165, 1.54) is 24.6 Å². The number of aromatic nitrogens is 2. The quantitative estimate of drug-likeness (QED) is 0.498. The van der Waals surface area contributed by atoms with Crippen molar-refractivity contribution in [2.24, 2.45) is 5.92 Å². The first-order valence-corrected chi connectivity index (χ1v) is 10.1. The fraction of sp³-hybridized carbons (Fsp3) is 0.667. The summed E-state index contributed by atoms with van der Waals surface area (Å²) in [5, 5.41) is 12.7. The summed E-state index contributed by atoms with van der Waals surface area (Å²) in [4.78, 5) is 33.9. The Hall–Kier alpha value is -1.67. The largest absolute Gasteiger partial charge is 0.480 e. The number of aryl methyl sites for hydroxylation is 2. The normalized spacial score (nSPS) is 22.1. The Morgan fingerprint density at radius 2 is 1.92 bits per heavy atom. The zero-order valence-electron chi connectivity index (χ0n) is 15.3. The molecule has 1 amide bonds. The zero-order chi connectivity index (χ0) is 18.7. The molecule has 2 aliphatic carbocycles. The van der Waals surface area contributed by atoms with E-state index < -0.39 is 5.97 Å². The Morgan fingerprint density at radius 3 is 2.50 bits per heavy atom. The van der Waals surface area contributed by atoms with Gasteiger partial charge in [-0.05, 0) is 51.5 Å². The summed E-state index contributed by atoms with van der Waals surface area (Å²) in [5.74, 6) is 0.165. The highest BCUT2D eigenvalue weighted by Gasteiger charge is 2.37. The number of carboxylic acids is 1. The summed E-state index contributed by atoms with van der Waals surface area (Å²) in [7, 11) is 0. The summed E-state index contributed by atoms with van der Waals surface area (Å²) in [6.45, 7) is 4.80. The molecule has 7 nitrogen and oxygen atoms in total. The van der Waals surface area contributed by atoms with Crippen molar-refractivity contribution in [2.45, 2.75) is 56.8 Å². The van der Waals surface area contributed by atoms with Crippen LogP contribution in [0.25, 0.3) is 0 Å². The van der Waals surface area contributed by atoms with Crippen molar-refractivity contribution in [3.63, 3.8) is 0 Å². The molecule has 0 atom stereocenters. The van der Waals surface area contributed by atoms with Crippen molar-refractivity contribution >= 4 is 23.6 Å². The Morgan fingerprint density at radius 1 is 1.27 bits per heavy atom. The Labute approximate surface area is 158 Å². The lowest BCUT2D eigenvalue weighted by Crippen LogP contribution is -2.55. The number of aliphatic carboxylic acids is 1. The highest BCUT2D eigenvalue weighted by molar-refractivity contribution is 7.99. The molecule has 1 heterocycles. The van der Waals surface area contributed by atoms with E-state index in [0.717, 1.165) is 30.8 Å². The van der Waals surface area contributed by atoms with Gasteiger partial charge in [0, 0.05) is 30.0 Å². The molecule has 1 aromatic heterocycles. The average Bonchev–Trinajstić information content (AvgIpc) is 3.30. The summed E-state index contributed by atoms with van der Waals surface area (Å²) in [6, 6.07) is 2.32. The van der Waals surface area contributed by atoms with Crippen LogP contribution in [0.3, 0.4) is 0 Å². The van der Waals surface area contributed by atoms with Crippen LogP contribution in [0.5, 0.6) is 0 Å².